The van der Waals surface area contributed by atoms with Crippen LogP contribution in [0.1, 0.15) is 12.6 Å². The minimum atomic E-state index is -0.940. The molecule has 1 amide bonds. The lowest BCUT2D eigenvalue weighted by Gasteiger charge is -2.17. The Morgan fingerprint density at radius 2 is 1.86 bits per heavy atom. The van der Waals surface area contributed by atoms with Gasteiger partial charge < -0.3 is 10.0 Å². The summed E-state index contributed by atoms with van der Waals surface area (Å²) >= 11 is 0. The highest BCUT2D eigenvalue weighted by Crippen LogP contribution is 2.30. The number of carbonyl (C=O) groups is 1. The summed E-state index contributed by atoms with van der Waals surface area (Å²) in [5, 5.41) is 17.3. The Labute approximate surface area is 161 Å². The Bertz CT molecular complexity index is 1150. The van der Waals surface area contributed by atoms with Gasteiger partial charge in [-0.05, 0) is 48.0 Å². The highest BCUT2D eigenvalue weighted by atomic mass is 19.1. The third-order valence-corrected chi connectivity index (χ3v) is 5.00. The summed E-state index contributed by atoms with van der Waals surface area (Å²) in [6, 6.07) is 18.2. The van der Waals surface area contributed by atoms with E-state index in [9.17, 15) is 14.3 Å². The van der Waals surface area contributed by atoms with Crippen LogP contribution in [0.4, 0.5) is 9.18 Å². The normalized spacial score (nSPS) is 11.2. The predicted octanol–water partition coefficient (Wildman–Crippen LogP) is 4.86. The molecule has 0 bridgehead atoms. The Hall–Kier alpha value is -3.41. The summed E-state index contributed by atoms with van der Waals surface area (Å²) in [7, 11) is 0. The van der Waals surface area contributed by atoms with Crippen LogP contribution in [0.15, 0.2) is 60.7 Å². The second kappa shape index (κ2) is 7.31. The van der Waals surface area contributed by atoms with Gasteiger partial charge in [0.1, 0.15) is 5.82 Å². The number of aromatic nitrogens is 2. The average Bonchev–Trinajstić information content (AvgIpc) is 3.08. The third kappa shape index (κ3) is 3.17. The predicted molar refractivity (Wildman–Crippen MR) is 108 cm³/mol. The average molecular weight is 377 g/mol. The van der Waals surface area contributed by atoms with Crippen LogP contribution < -0.4 is 0 Å². The van der Waals surface area contributed by atoms with Crippen molar-refractivity contribution in [2.75, 3.05) is 13.1 Å². The number of fused-ring (bicyclic) bond motifs is 3. The first-order chi connectivity index (χ1) is 13.6. The van der Waals surface area contributed by atoms with Gasteiger partial charge in [0, 0.05) is 24.9 Å². The molecule has 0 unspecified atom stereocenters. The lowest BCUT2D eigenvalue weighted by atomic mass is 10.0. The van der Waals surface area contributed by atoms with Crippen molar-refractivity contribution in [2.45, 2.75) is 13.3 Å². The molecule has 0 fully saturated rings. The molecule has 4 rings (SSSR count). The fourth-order valence-corrected chi connectivity index (χ4v) is 3.58. The van der Waals surface area contributed by atoms with E-state index in [1.54, 1.807) is 16.8 Å². The highest BCUT2D eigenvalue weighted by molar-refractivity contribution is 6.07. The van der Waals surface area contributed by atoms with Crippen molar-refractivity contribution in [2.24, 2.45) is 0 Å². The van der Waals surface area contributed by atoms with Gasteiger partial charge in [-0.15, -0.1) is 0 Å². The SMILES string of the molecule is CCN(CCc1c2c(ccc3ccccc32)nn1-c1ccc(F)cc1)C(=O)O. The van der Waals surface area contributed by atoms with Crippen molar-refractivity contribution < 1.29 is 14.3 Å². The number of benzene rings is 3. The van der Waals surface area contributed by atoms with Crippen LogP contribution >= 0.6 is 0 Å². The quantitative estimate of drug-likeness (QED) is 0.540. The van der Waals surface area contributed by atoms with Crippen LogP contribution in [-0.2, 0) is 6.42 Å². The lowest BCUT2D eigenvalue weighted by Crippen LogP contribution is -2.31. The van der Waals surface area contributed by atoms with Gasteiger partial charge in [0.2, 0.25) is 0 Å². The Morgan fingerprint density at radius 1 is 1.11 bits per heavy atom. The van der Waals surface area contributed by atoms with Crippen molar-refractivity contribution in [3.63, 3.8) is 0 Å². The molecule has 28 heavy (non-hydrogen) atoms. The maximum Gasteiger partial charge on any atom is 0.407 e. The number of rotatable bonds is 5. The fraction of sp³-hybridized carbons (Fsp3) is 0.182. The van der Waals surface area contributed by atoms with Crippen molar-refractivity contribution in [1.29, 1.82) is 0 Å². The van der Waals surface area contributed by atoms with Crippen LogP contribution in [0.5, 0.6) is 0 Å². The van der Waals surface area contributed by atoms with Crippen LogP contribution in [0.3, 0.4) is 0 Å². The summed E-state index contributed by atoms with van der Waals surface area (Å²) in [5.74, 6) is -0.310. The van der Waals surface area contributed by atoms with Gasteiger partial charge in [-0.2, -0.15) is 5.10 Å². The Balaban J connectivity index is 1.91. The largest absolute Gasteiger partial charge is 0.465 e. The molecule has 0 aliphatic carbocycles. The van der Waals surface area contributed by atoms with E-state index in [1.807, 2.05) is 43.3 Å². The number of halogens is 1. The number of nitrogens with zero attached hydrogens (tertiary/aromatic N) is 3. The van der Waals surface area contributed by atoms with Crippen LogP contribution in [0, 0.1) is 5.82 Å². The number of likely N-dealkylation sites (N-methyl/N-ethyl adjacent to an activating group) is 1. The minimum absolute atomic E-state index is 0.310. The van der Waals surface area contributed by atoms with E-state index in [2.05, 4.69) is 0 Å². The van der Waals surface area contributed by atoms with Gasteiger partial charge in [-0.3, -0.25) is 0 Å². The molecule has 3 aromatic carbocycles. The zero-order valence-electron chi connectivity index (χ0n) is 15.5. The van der Waals surface area contributed by atoms with E-state index in [0.717, 1.165) is 33.1 Å². The summed E-state index contributed by atoms with van der Waals surface area (Å²) in [6.45, 7) is 2.59. The molecule has 0 aliphatic heterocycles. The first kappa shape index (κ1) is 18.0. The first-order valence-electron chi connectivity index (χ1n) is 9.21. The molecule has 0 aliphatic rings. The van der Waals surface area contributed by atoms with Crippen molar-refractivity contribution in [3.05, 3.63) is 72.2 Å². The highest BCUT2D eigenvalue weighted by Gasteiger charge is 2.18. The topological polar surface area (TPSA) is 58.4 Å². The molecule has 1 N–H and O–H groups in total. The van der Waals surface area contributed by atoms with Gasteiger partial charge in [0.15, 0.2) is 0 Å². The third-order valence-electron chi connectivity index (χ3n) is 5.00. The fourth-order valence-electron chi connectivity index (χ4n) is 3.58. The zero-order valence-corrected chi connectivity index (χ0v) is 15.5. The molecule has 1 heterocycles. The van der Waals surface area contributed by atoms with Crippen molar-refractivity contribution in [3.8, 4) is 5.69 Å². The molecular weight excluding hydrogens is 357 g/mol. The van der Waals surface area contributed by atoms with E-state index < -0.39 is 6.09 Å². The monoisotopic (exact) mass is 377 g/mol. The summed E-state index contributed by atoms with van der Waals surface area (Å²) in [5.41, 5.74) is 2.49. The van der Waals surface area contributed by atoms with Gasteiger partial charge in [-0.1, -0.05) is 30.3 Å². The summed E-state index contributed by atoms with van der Waals surface area (Å²) in [6.07, 6.45) is -0.438. The summed E-state index contributed by atoms with van der Waals surface area (Å²) < 4.78 is 15.2. The van der Waals surface area contributed by atoms with E-state index in [-0.39, 0.29) is 5.82 Å². The standard InChI is InChI=1S/C22H20FN3O2/c1-2-25(22(27)28)14-13-20-21-18-6-4-3-5-15(18)7-12-19(21)24-26(20)17-10-8-16(23)9-11-17/h3-12H,2,13-14H2,1H3,(H,27,28). The van der Waals surface area contributed by atoms with Crippen LogP contribution in [0.2, 0.25) is 0 Å². The van der Waals surface area contributed by atoms with Gasteiger partial charge in [0.05, 0.1) is 16.9 Å². The molecule has 6 heteroatoms. The molecule has 0 saturated carbocycles. The molecule has 4 aromatic rings. The van der Waals surface area contributed by atoms with Gasteiger partial charge in [-0.25, -0.2) is 13.9 Å². The molecular formula is C22H20FN3O2. The molecule has 0 saturated heterocycles. The molecule has 142 valence electrons. The van der Waals surface area contributed by atoms with Gasteiger partial charge in [0.25, 0.3) is 0 Å². The molecule has 1 aromatic heterocycles. The van der Waals surface area contributed by atoms with E-state index in [4.69, 9.17) is 5.10 Å². The molecule has 0 spiro atoms. The summed E-state index contributed by atoms with van der Waals surface area (Å²) in [4.78, 5) is 12.8. The number of carboxylic acid groups (broad SMARTS) is 1. The Morgan fingerprint density at radius 3 is 2.57 bits per heavy atom. The zero-order chi connectivity index (χ0) is 19.7. The molecule has 0 radical (unpaired) electrons. The van der Waals surface area contributed by atoms with E-state index in [1.165, 1.54) is 17.0 Å². The molecule has 5 nitrogen and oxygen atoms in total. The van der Waals surface area contributed by atoms with Crippen LogP contribution in [-0.4, -0.2) is 39.0 Å². The van der Waals surface area contributed by atoms with Gasteiger partial charge >= 0.3 is 6.09 Å². The molecule has 0 atom stereocenters. The van der Waals surface area contributed by atoms with E-state index in [0.29, 0.717) is 19.5 Å². The van der Waals surface area contributed by atoms with Crippen LogP contribution in [0.25, 0.3) is 27.4 Å². The van der Waals surface area contributed by atoms with E-state index >= 15 is 0 Å². The first-order valence-corrected chi connectivity index (χ1v) is 9.21. The maximum atomic E-state index is 13.4. The maximum absolute atomic E-state index is 13.4. The van der Waals surface area contributed by atoms with Crippen molar-refractivity contribution >= 4 is 27.8 Å². The minimum Gasteiger partial charge on any atom is -0.465 e. The number of amides is 1. The second-order valence-corrected chi connectivity index (χ2v) is 6.63. The smallest absolute Gasteiger partial charge is 0.407 e. The van der Waals surface area contributed by atoms with Crippen molar-refractivity contribution in [1.82, 2.24) is 14.7 Å². The lowest BCUT2D eigenvalue weighted by molar-refractivity contribution is 0.148. The Kier molecular flexibility index (Phi) is 4.69. The number of hydrogen-bond donors (Lipinski definition) is 1. The number of hydrogen-bond acceptors (Lipinski definition) is 2. The second-order valence-electron chi connectivity index (χ2n) is 6.63.